The summed E-state index contributed by atoms with van der Waals surface area (Å²) in [5, 5.41) is 6.66. The van der Waals surface area contributed by atoms with Crippen LogP contribution in [0.25, 0.3) is 0 Å². The summed E-state index contributed by atoms with van der Waals surface area (Å²) in [6, 6.07) is 4.63. The number of alkyl halides is 3. The summed E-state index contributed by atoms with van der Waals surface area (Å²) in [5.41, 5.74) is -0.387. The lowest BCUT2D eigenvalue weighted by atomic mass is 10.0. The summed E-state index contributed by atoms with van der Waals surface area (Å²) in [5.74, 6) is -0.401. The molecule has 0 aliphatic carbocycles. The van der Waals surface area contributed by atoms with Gasteiger partial charge in [-0.15, -0.1) is 0 Å². The van der Waals surface area contributed by atoms with Crippen LogP contribution in [-0.2, 0) is 35.3 Å². The number of hydrogen-bond acceptors (Lipinski definition) is 5. The van der Waals surface area contributed by atoms with Crippen LogP contribution in [0.2, 0.25) is 5.02 Å². The SMILES string of the molecule is COc1ccc(Cl)cc1NC(=O)Cn1nc(C(F)(F)F)c2c1CN(CC(=O)N(C)C)CC2. The van der Waals surface area contributed by atoms with Crippen molar-refractivity contribution in [2.75, 3.05) is 39.6 Å². The molecule has 32 heavy (non-hydrogen) atoms. The van der Waals surface area contributed by atoms with Crippen molar-refractivity contribution in [2.45, 2.75) is 25.7 Å². The van der Waals surface area contributed by atoms with Gasteiger partial charge in [-0.1, -0.05) is 11.6 Å². The van der Waals surface area contributed by atoms with E-state index in [4.69, 9.17) is 16.3 Å². The fourth-order valence-corrected chi connectivity index (χ4v) is 3.64. The van der Waals surface area contributed by atoms with E-state index in [1.165, 1.54) is 18.1 Å². The Balaban J connectivity index is 1.85. The Morgan fingerprint density at radius 1 is 1.28 bits per heavy atom. The lowest BCUT2D eigenvalue weighted by molar-refractivity contribution is -0.142. The normalized spacial score (nSPS) is 14.1. The molecule has 0 saturated carbocycles. The number of nitrogens with one attached hydrogen (secondary N) is 1. The average molecular weight is 474 g/mol. The molecule has 0 radical (unpaired) electrons. The minimum absolute atomic E-state index is 0.0548. The van der Waals surface area contributed by atoms with Crippen molar-refractivity contribution < 1.29 is 27.5 Å². The van der Waals surface area contributed by atoms with Crippen molar-refractivity contribution in [3.63, 3.8) is 0 Å². The Morgan fingerprint density at radius 2 is 2.00 bits per heavy atom. The second kappa shape index (κ2) is 9.37. The standard InChI is InChI=1S/C20H23ClF3N5O3/c1-27(2)18(31)11-28-7-6-13-15(9-28)29(26-19(13)20(22,23)24)10-17(30)25-14-8-12(21)4-5-16(14)32-3/h4-5,8H,6-7,9-11H2,1-3H3,(H,25,30). The van der Waals surface area contributed by atoms with Gasteiger partial charge in [0.05, 0.1) is 25.0 Å². The van der Waals surface area contributed by atoms with Crippen molar-refractivity contribution in [2.24, 2.45) is 0 Å². The number of benzene rings is 1. The van der Waals surface area contributed by atoms with Gasteiger partial charge in [0.2, 0.25) is 11.8 Å². The Hall–Kier alpha value is -2.79. The van der Waals surface area contributed by atoms with Crippen molar-refractivity contribution in [3.8, 4) is 5.75 Å². The second-order valence-electron chi connectivity index (χ2n) is 7.57. The molecular formula is C20H23ClF3N5O3. The average Bonchev–Trinajstić information content (AvgIpc) is 3.06. The number of amides is 2. The van der Waals surface area contributed by atoms with E-state index < -0.39 is 24.3 Å². The summed E-state index contributed by atoms with van der Waals surface area (Å²) >= 11 is 5.96. The van der Waals surface area contributed by atoms with Crippen molar-refractivity contribution in [1.29, 1.82) is 0 Å². The first kappa shape index (κ1) is 23.9. The number of halogens is 4. The quantitative estimate of drug-likeness (QED) is 0.697. The second-order valence-corrected chi connectivity index (χ2v) is 8.01. The molecule has 0 atom stereocenters. The summed E-state index contributed by atoms with van der Waals surface area (Å²) in [6.45, 7) is -0.0204. The van der Waals surface area contributed by atoms with Gasteiger partial charge in [-0.3, -0.25) is 19.2 Å². The first-order valence-electron chi connectivity index (χ1n) is 9.71. The molecule has 1 aliphatic rings. The number of fused-ring (bicyclic) bond motifs is 1. The fraction of sp³-hybridized carbons (Fsp3) is 0.450. The van der Waals surface area contributed by atoms with Gasteiger partial charge in [0.1, 0.15) is 12.3 Å². The van der Waals surface area contributed by atoms with Gasteiger partial charge in [0.15, 0.2) is 5.69 Å². The predicted molar refractivity (Wildman–Crippen MR) is 112 cm³/mol. The van der Waals surface area contributed by atoms with Gasteiger partial charge in [0, 0.05) is 37.8 Å². The lowest BCUT2D eigenvalue weighted by Crippen LogP contribution is -2.40. The highest BCUT2D eigenvalue weighted by atomic mass is 35.5. The van der Waals surface area contributed by atoms with Gasteiger partial charge in [0.25, 0.3) is 0 Å². The smallest absolute Gasteiger partial charge is 0.435 e. The van der Waals surface area contributed by atoms with E-state index in [-0.39, 0.29) is 43.2 Å². The van der Waals surface area contributed by atoms with Crippen LogP contribution >= 0.6 is 11.6 Å². The summed E-state index contributed by atoms with van der Waals surface area (Å²) < 4.78 is 46.9. The van der Waals surface area contributed by atoms with Crippen molar-refractivity contribution in [3.05, 3.63) is 40.2 Å². The molecule has 0 spiro atoms. The number of ether oxygens (including phenoxy) is 1. The number of nitrogens with zero attached hydrogens (tertiary/aromatic N) is 4. The van der Waals surface area contributed by atoms with Gasteiger partial charge < -0.3 is 15.0 Å². The highest BCUT2D eigenvalue weighted by Crippen LogP contribution is 2.35. The maximum absolute atomic E-state index is 13.5. The molecule has 0 saturated heterocycles. The van der Waals surface area contributed by atoms with E-state index in [1.807, 2.05) is 0 Å². The predicted octanol–water partition coefficient (Wildman–Crippen LogP) is 2.65. The van der Waals surface area contributed by atoms with E-state index in [2.05, 4.69) is 10.4 Å². The number of aromatic nitrogens is 2. The summed E-state index contributed by atoms with van der Waals surface area (Å²) in [4.78, 5) is 27.8. The molecule has 1 aromatic carbocycles. The third kappa shape index (κ3) is 5.33. The number of likely N-dealkylation sites (N-methyl/N-ethyl adjacent to an activating group) is 1. The van der Waals surface area contributed by atoms with E-state index >= 15 is 0 Å². The highest BCUT2D eigenvalue weighted by Gasteiger charge is 2.40. The van der Waals surface area contributed by atoms with E-state index in [0.29, 0.717) is 16.5 Å². The lowest BCUT2D eigenvalue weighted by Gasteiger charge is -2.28. The van der Waals surface area contributed by atoms with Crippen LogP contribution < -0.4 is 10.1 Å². The zero-order valence-electron chi connectivity index (χ0n) is 17.8. The first-order valence-corrected chi connectivity index (χ1v) is 10.1. The van der Waals surface area contributed by atoms with Gasteiger partial charge in [-0.2, -0.15) is 18.3 Å². The number of rotatable bonds is 6. The molecule has 1 aromatic heterocycles. The molecule has 1 N–H and O–H groups in total. The topological polar surface area (TPSA) is 79.7 Å². The molecule has 2 heterocycles. The summed E-state index contributed by atoms with van der Waals surface area (Å²) in [6.07, 6.45) is -4.57. The molecule has 12 heteroatoms. The molecule has 2 amide bonds. The van der Waals surface area contributed by atoms with E-state index in [0.717, 1.165) is 4.68 Å². The van der Waals surface area contributed by atoms with Crippen LogP contribution in [0.5, 0.6) is 5.75 Å². The third-order valence-corrected chi connectivity index (χ3v) is 5.31. The van der Waals surface area contributed by atoms with Crippen molar-refractivity contribution >= 4 is 29.1 Å². The number of methoxy groups -OCH3 is 1. The zero-order valence-corrected chi connectivity index (χ0v) is 18.5. The largest absolute Gasteiger partial charge is 0.495 e. The monoisotopic (exact) mass is 473 g/mol. The van der Waals surface area contributed by atoms with Crippen LogP contribution in [-0.4, -0.2) is 65.7 Å². The number of hydrogen-bond donors (Lipinski definition) is 1. The highest BCUT2D eigenvalue weighted by molar-refractivity contribution is 6.31. The molecule has 174 valence electrons. The van der Waals surface area contributed by atoms with Gasteiger partial charge >= 0.3 is 6.18 Å². The fourth-order valence-electron chi connectivity index (χ4n) is 3.46. The maximum atomic E-state index is 13.5. The van der Waals surface area contributed by atoms with Crippen LogP contribution in [0.4, 0.5) is 18.9 Å². The van der Waals surface area contributed by atoms with Crippen LogP contribution in [0.3, 0.4) is 0 Å². The molecule has 0 fully saturated rings. The molecule has 1 aliphatic heterocycles. The van der Waals surface area contributed by atoms with Crippen molar-refractivity contribution in [1.82, 2.24) is 19.6 Å². The molecule has 0 unspecified atom stereocenters. The maximum Gasteiger partial charge on any atom is 0.435 e. The third-order valence-electron chi connectivity index (χ3n) is 5.07. The molecule has 8 nitrogen and oxygen atoms in total. The molecule has 0 bridgehead atoms. The Bertz CT molecular complexity index is 1020. The zero-order chi connectivity index (χ0) is 23.6. The van der Waals surface area contributed by atoms with Crippen LogP contribution in [0.1, 0.15) is 17.0 Å². The molecular weight excluding hydrogens is 451 g/mol. The Labute approximate surface area is 187 Å². The van der Waals surface area contributed by atoms with Gasteiger partial charge in [-0.05, 0) is 24.6 Å². The van der Waals surface area contributed by atoms with Crippen LogP contribution in [0, 0.1) is 0 Å². The van der Waals surface area contributed by atoms with Crippen LogP contribution in [0.15, 0.2) is 18.2 Å². The minimum atomic E-state index is -4.65. The molecule has 3 rings (SSSR count). The van der Waals surface area contributed by atoms with E-state index in [9.17, 15) is 22.8 Å². The van der Waals surface area contributed by atoms with Gasteiger partial charge in [-0.25, -0.2) is 0 Å². The minimum Gasteiger partial charge on any atom is -0.495 e. The number of carbonyl (C=O) groups excluding carboxylic acids is 2. The summed E-state index contributed by atoms with van der Waals surface area (Å²) in [7, 11) is 4.64. The first-order chi connectivity index (χ1) is 15.0. The van der Waals surface area contributed by atoms with E-state index in [1.54, 1.807) is 31.1 Å². The Morgan fingerprint density at radius 3 is 2.62 bits per heavy atom. The molecule has 2 aromatic rings. The number of anilines is 1. The Kier molecular flexibility index (Phi) is 6.99. The number of carbonyl (C=O) groups is 2.